The second-order valence-corrected chi connectivity index (χ2v) is 4.07. The monoisotopic (exact) mass is 200 g/mol. The molecule has 15 heavy (non-hydrogen) atoms. The van der Waals surface area contributed by atoms with Gasteiger partial charge in [0, 0.05) is 17.8 Å². The second kappa shape index (κ2) is 3.97. The van der Waals surface area contributed by atoms with Crippen molar-refractivity contribution in [1.29, 1.82) is 0 Å². The van der Waals surface area contributed by atoms with Gasteiger partial charge in [0.2, 0.25) is 0 Å². The van der Waals surface area contributed by atoms with E-state index in [2.05, 4.69) is 36.8 Å². The van der Waals surface area contributed by atoms with Crippen molar-refractivity contribution in [3.63, 3.8) is 0 Å². The van der Waals surface area contributed by atoms with Crippen molar-refractivity contribution in [2.45, 2.75) is 33.1 Å². The van der Waals surface area contributed by atoms with E-state index in [9.17, 15) is 0 Å². The van der Waals surface area contributed by atoms with Gasteiger partial charge in [-0.05, 0) is 24.0 Å². The summed E-state index contributed by atoms with van der Waals surface area (Å²) in [4.78, 5) is 8.92. The molecule has 0 bridgehead atoms. The molecule has 0 aromatic carbocycles. The molecule has 0 aliphatic carbocycles. The maximum absolute atomic E-state index is 4.48. The van der Waals surface area contributed by atoms with Crippen molar-refractivity contribution in [3.05, 3.63) is 35.8 Å². The number of aryl methyl sites for hydroxylation is 1. The Labute approximate surface area is 90.4 Å². The molecule has 0 radical (unpaired) electrons. The fourth-order valence-electron chi connectivity index (χ4n) is 1.87. The van der Waals surface area contributed by atoms with Gasteiger partial charge in [0.05, 0.1) is 11.2 Å². The fraction of sp³-hybridized carbons (Fsp3) is 0.385. The second-order valence-electron chi connectivity index (χ2n) is 4.07. The number of rotatable bonds is 2. The van der Waals surface area contributed by atoms with Crippen molar-refractivity contribution in [3.8, 4) is 0 Å². The van der Waals surface area contributed by atoms with Crippen LogP contribution in [-0.2, 0) is 6.42 Å². The van der Waals surface area contributed by atoms with E-state index in [0.29, 0.717) is 5.92 Å². The molecule has 0 unspecified atom stereocenters. The first-order chi connectivity index (χ1) is 7.24. The Kier molecular flexibility index (Phi) is 2.67. The van der Waals surface area contributed by atoms with Gasteiger partial charge < -0.3 is 0 Å². The Morgan fingerprint density at radius 1 is 1.27 bits per heavy atom. The molecule has 2 heterocycles. The van der Waals surface area contributed by atoms with Crippen LogP contribution in [0.15, 0.2) is 24.5 Å². The Bertz CT molecular complexity index is 475. The van der Waals surface area contributed by atoms with Crippen LogP contribution >= 0.6 is 0 Å². The summed E-state index contributed by atoms with van der Waals surface area (Å²) in [6.07, 6.45) is 4.77. The summed E-state index contributed by atoms with van der Waals surface area (Å²) < 4.78 is 0. The zero-order valence-corrected chi connectivity index (χ0v) is 9.49. The van der Waals surface area contributed by atoms with Crippen molar-refractivity contribution in [2.75, 3.05) is 0 Å². The lowest BCUT2D eigenvalue weighted by Gasteiger charge is -2.10. The maximum atomic E-state index is 4.48. The molecule has 78 valence electrons. The van der Waals surface area contributed by atoms with E-state index in [1.807, 2.05) is 18.5 Å². The average Bonchev–Trinajstić information content (AvgIpc) is 2.27. The van der Waals surface area contributed by atoms with Gasteiger partial charge in [-0.3, -0.25) is 9.97 Å². The van der Waals surface area contributed by atoms with Gasteiger partial charge in [-0.2, -0.15) is 0 Å². The Hall–Kier alpha value is -1.44. The minimum atomic E-state index is 0.495. The summed E-state index contributed by atoms with van der Waals surface area (Å²) in [5.41, 5.74) is 3.44. The van der Waals surface area contributed by atoms with Crippen LogP contribution in [0.2, 0.25) is 0 Å². The van der Waals surface area contributed by atoms with E-state index in [4.69, 9.17) is 0 Å². The molecule has 2 aromatic rings. The highest BCUT2D eigenvalue weighted by molar-refractivity contribution is 5.84. The van der Waals surface area contributed by atoms with E-state index < -0.39 is 0 Å². The first-order valence-electron chi connectivity index (χ1n) is 5.46. The molecule has 0 aliphatic rings. The highest BCUT2D eigenvalue weighted by Crippen LogP contribution is 2.24. The van der Waals surface area contributed by atoms with E-state index in [-0.39, 0.29) is 0 Å². The van der Waals surface area contributed by atoms with Gasteiger partial charge in [-0.1, -0.05) is 26.8 Å². The van der Waals surface area contributed by atoms with Crippen LogP contribution in [0, 0.1) is 0 Å². The van der Waals surface area contributed by atoms with Gasteiger partial charge >= 0.3 is 0 Å². The third-order valence-corrected chi connectivity index (χ3v) is 2.71. The smallest absolute Gasteiger partial charge is 0.0919 e. The van der Waals surface area contributed by atoms with E-state index in [1.165, 1.54) is 10.9 Å². The van der Waals surface area contributed by atoms with Crippen LogP contribution in [0.25, 0.3) is 10.9 Å². The molecule has 2 rings (SSSR count). The van der Waals surface area contributed by atoms with Crippen LogP contribution in [-0.4, -0.2) is 9.97 Å². The molecular formula is C13H16N2. The first kappa shape index (κ1) is 10.1. The summed E-state index contributed by atoms with van der Waals surface area (Å²) >= 11 is 0. The summed E-state index contributed by atoms with van der Waals surface area (Å²) in [5, 5.41) is 1.25. The number of pyridine rings is 2. The molecular weight excluding hydrogens is 184 g/mol. The number of nitrogens with zero attached hydrogens (tertiary/aromatic N) is 2. The molecule has 2 nitrogen and oxygen atoms in total. The van der Waals surface area contributed by atoms with E-state index >= 15 is 0 Å². The number of hydrogen-bond acceptors (Lipinski definition) is 2. The lowest BCUT2D eigenvalue weighted by Crippen LogP contribution is -1.97. The van der Waals surface area contributed by atoms with Crippen molar-refractivity contribution in [2.24, 2.45) is 0 Å². The van der Waals surface area contributed by atoms with Crippen molar-refractivity contribution in [1.82, 2.24) is 9.97 Å². The lowest BCUT2D eigenvalue weighted by atomic mass is 9.99. The Morgan fingerprint density at radius 2 is 2.07 bits per heavy atom. The van der Waals surface area contributed by atoms with Gasteiger partial charge in [0.25, 0.3) is 0 Å². The van der Waals surface area contributed by atoms with Crippen LogP contribution < -0.4 is 0 Å². The van der Waals surface area contributed by atoms with Crippen LogP contribution in [0.3, 0.4) is 0 Å². The number of fused-ring (bicyclic) bond motifs is 1. The van der Waals surface area contributed by atoms with Crippen LogP contribution in [0.5, 0.6) is 0 Å². The molecule has 0 amide bonds. The lowest BCUT2D eigenvalue weighted by molar-refractivity contribution is 0.862. The molecule has 0 N–H and O–H groups in total. The third kappa shape index (κ3) is 1.72. The van der Waals surface area contributed by atoms with Crippen molar-refractivity contribution >= 4 is 10.9 Å². The van der Waals surface area contributed by atoms with Crippen LogP contribution in [0.4, 0.5) is 0 Å². The molecule has 0 atom stereocenters. The van der Waals surface area contributed by atoms with Gasteiger partial charge in [0.15, 0.2) is 0 Å². The largest absolute Gasteiger partial charge is 0.259 e. The van der Waals surface area contributed by atoms with Gasteiger partial charge in [-0.25, -0.2) is 0 Å². The van der Waals surface area contributed by atoms with Gasteiger partial charge in [-0.15, -0.1) is 0 Å². The summed E-state index contributed by atoms with van der Waals surface area (Å²) in [7, 11) is 0. The highest BCUT2D eigenvalue weighted by Gasteiger charge is 2.09. The average molecular weight is 200 g/mol. The Balaban J connectivity index is 2.77. The first-order valence-corrected chi connectivity index (χ1v) is 5.46. The molecule has 0 saturated carbocycles. The van der Waals surface area contributed by atoms with Gasteiger partial charge in [0.1, 0.15) is 0 Å². The number of aromatic nitrogens is 2. The zero-order valence-electron chi connectivity index (χ0n) is 9.49. The maximum Gasteiger partial charge on any atom is 0.0919 e. The minimum Gasteiger partial charge on any atom is -0.259 e. The summed E-state index contributed by atoms with van der Waals surface area (Å²) in [6, 6.07) is 4.13. The molecule has 0 aliphatic heterocycles. The highest BCUT2D eigenvalue weighted by atomic mass is 14.7. The zero-order chi connectivity index (χ0) is 10.8. The van der Waals surface area contributed by atoms with E-state index in [1.54, 1.807) is 0 Å². The Morgan fingerprint density at radius 3 is 2.73 bits per heavy atom. The van der Waals surface area contributed by atoms with Crippen LogP contribution in [0.1, 0.15) is 37.9 Å². The molecule has 0 fully saturated rings. The summed E-state index contributed by atoms with van der Waals surface area (Å²) in [6.45, 7) is 6.50. The number of hydrogen-bond donors (Lipinski definition) is 0. The normalized spacial score (nSPS) is 11.2. The fourth-order valence-corrected chi connectivity index (χ4v) is 1.87. The summed E-state index contributed by atoms with van der Waals surface area (Å²) in [5.74, 6) is 0.495. The SMILES string of the molecule is CCc1ncc(C(C)C)c2cccnc12. The molecule has 0 spiro atoms. The van der Waals surface area contributed by atoms with E-state index in [0.717, 1.165) is 17.6 Å². The molecule has 0 saturated heterocycles. The predicted octanol–water partition coefficient (Wildman–Crippen LogP) is 3.32. The third-order valence-electron chi connectivity index (χ3n) is 2.71. The quantitative estimate of drug-likeness (QED) is 0.743. The standard InChI is InChI=1S/C13H16N2/c1-4-12-13-10(6-5-7-14-13)11(8-15-12)9(2)3/h5-9H,4H2,1-3H3. The predicted molar refractivity (Wildman–Crippen MR) is 63.0 cm³/mol. The topological polar surface area (TPSA) is 25.8 Å². The molecule has 2 aromatic heterocycles. The minimum absolute atomic E-state index is 0.495. The van der Waals surface area contributed by atoms with Crippen molar-refractivity contribution < 1.29 is 0 Å². The molecule has 2 heteroatoms.